The summed E-state index contributed by atoms with van der Waals surface area (Å²) < 4.78 is 24.0. The van der Waals surface area contributed by atoms with Crippen LogP contribution in [0, 0.1) is 12.3 Å². The number of nitrogens with zero attached hydrogens (tertiary/aromatic N) is 1. The molecule has 1 unspecified atom stereocenters. The molecule has 2 heterocycles. The second kappa shape index (κ2) is 9.42. The fourth-order valence-corrected chi connectivity index (χ4v) is 2.98. The van der Waals surface area contributed by atoms with Crippen LogP contribution < -0.4 is 11.2 Å². The number of hydrogen-bond acceptors (Lipinski definition) is 8. The molecule has 10 heteroatoms. The molecule has 1 aliphatic heterocycles. The second-order valence-electron chi connectivity index (χ2n) is 8.67. The van der Waals surface area contributed by atoms with Crippen molar-refractivity contribution in [1.82, 2.24) is 9.55 Å². The van der Waals surface area contributed by atoms with E-state index in [1.165, 1.54) is 24.8 Å². The van der Waals surface area contributed by atoms with E-state index >= 15 is 0 Å². The van der Waals surface area contributed by atoms with Crippen LogP contribution in [-0.2, 0) is 23.7 Å². The molecule has 0 saturated carbocycles. The summed E-state index contributed by atoms with van der Waals surface area (Å²) in [6, 6.07) is 0. The Morgan fingerprint density at radius 3 is 2.47 bits per heavy atom. The van der Waals surface area contributed by atoms with Gasteiger partial charge in [-0.25, -0.2) is 4.79 Å². The van der Waals surface area contributed by atoms with Crippen LogP contribution in [0.3, 0.4) is 0 Å². The number of carbonyl (C=O) groups is 1. The smallest absolute Gasteiger partial charge is 0.330 e. The number of hydrogen-bond donors (Lipinski definition) is 2. The average Bonchev–Trinajstić information content (AvgIpc) is 3.00. The lowest BCUT2D eigenvalue weighted by Crippen LogP contribution is -2.45. The lowest BCUT2D eigenvalue weighted by Gasteiger charge is -2.29. The molecule has 170 valence electrons. The summed E-state index contributed by atoms with van der Waals surface area (Å²) in [4.78, 5) is 39.0. The molecule has 0 aliphatic carbocycles. The number of carbonyl (C=O) groups excluding carboxylic acids is 1. The quantitative estimate of drug-likeness (QED) is 0.601. The Morgan fingerprint density at radius 2 is 1.93 bits per heavy atom. The fourth-order valence-electron chi connectivity index (χ4n) is 2.98. The van der Waals surface area contributed by atoms with Crippen LogP contribution in [0.1, 0.15) is 46.4 Å². The van der Waals surface area contributed by atoms with Crippen LogP contribution in [0.4, 0.5) is 0 Å². The van der Waals surface area contributed by atoms with E-state index in [1.54, 1.807) is 34.6 Å². The number of aromatic nitrogens is 2. The molecular weight excluding hydrogens is 396 g/mol. The minimum atomic E-state index is -1.03. The zero-order chi connectivity index (χ0) is 22.8. The van der Waals surface area contributed by atoms with Crippen molar-refractivity contribution >= 4 is 5.97 Å². The summed E-state index contributed by atoms with van der Waals surface area (Å²) in [7, 11) is 1.53. The first-order valence-corrected chi connectivity index (χ1v) is 9.88. The summed E-state index contributed by atoms with van der Waals surface area (Å²) in [6.07, 6.45) is -3.81. The molecule has 0 amide bonds. The van der Waals surface area contributed by atoms with Gasteiger partial charge in [-0.1, -0.05) is 0 Å². The van der Waals surface area contributed by atoms with E-state index in [0.29, 0.717) is 5.56 Å². The molecule has 0 bridgehead atoms. The highest BCUT2D eigenvalue weighted by molar-refractivity contribution is 5.75. The Morgan fingerprint density at radius 1 is 1.30 bits per heavy atom. The zero-order valence-electron chi connectivity index (χ0n) is 18.5. The van der Waals surface area contributed by atoms with Gasteiger partial charge >= 0.3 is 11.7 Å². The lowest BCUT2D eigenvalue weighted by atomic mass is 9.96. The van der Waals surface area contributed by atoms with Gasteiger partial charge in [0.05, 0.1) is 24.2 Å². The molecule has 1 saturated heterocycles. The monoisotopic (exact) mass is 428 g/mol. The normalized spacial score (nSPS) is 26.4. The molecule has 2 N–H and O–H groups in total. The van der Waals surface area contributed by atoms with Gasteiger partial charge in [0.2, 0.25) is 0 Å². The number of aromatic amines is 1. The number of rotatable bonds is 7. The van der Waals surface area contributed by atoms with E-state index in [2.05, 4.69) is 4.98 Å². The van der Waals surface area contributed by atoms with E-state index in [-0.39, 0.29) is 12.7 Å². The van der Waals surface area contributed by atoms with E-state index < -0.39 is 53.3 Å². The highest BCUT2D eigenvalue weighted by Gasteiger charge is 2.51. The predicted molar refractivity (Wildman–Crippen MR) is 107 cm³/mol. The second-order valence-corrected chi connectivity index (χ2v) is 8.67. The van der Waals surface area contributed by atoms with Crippen LogP contribution in [0.2, 0.25) is 0 Å². The Balaban J connectivity index is 2.49. The van der Waals surface area contributed by atoms with Gasteiger partial charge in [-0.05, 0) is 41.5 Å². The molecule has 1 aliphatic rings. The molecule has 1 aromatic heterocycles. The van der Waals surface area contributed by atoms with Gasteiger partial charge in [-0.3, -0.25) is 19.1 Å². The van der Waals surface area contributed by atoms with Gasteiger partial charge < -0.3 is 24.1 Å². The molecule has 2 rings (SSSR count). The van der Waals surface area contributed by atoms with Crippen molar-refractivity contribution in [2.75, 3.05) is 13.7 Å². The number of aliphatic hydroxyl groups excluding tert-OH is 1. The Labute approximate surface area is 175 Å². The highest BCUT2D eigenvalue weighted by Crippen LogP contribution is 2.36. The number of ether oxygens (including phenoxy) is 4. The summed E-state index contributed by atoms with van der Waals surface area (Å²) >= 11 is 0. The fraction of sp³-hybridized carbons (Fsp3) is 0.750. The van der Waals surface area contributed by atoms with Gasteiger partial charge in [0.1, 0.15) is 12.2 Å². The molecule has 6 atom stereocenters. The molecular formula is C20H32N2O8. The first-order chi connectivity index (χ1) is 13.9. The first-order valence-electron chi connectivity index (χ1n) is 9.88. The van der Waals surface area contributed by atoms with E-state index in [4.69, 9.17) is 18.9 Å². The number of aryl methyl sites for hydroxylation is 1. The van der Waals surface area contributed by atoms with Gasteiger partial charge in [-0.2, -0.15) is 0 Å². The molecule has 10 nitrogen and oxygen atoms in total. The van der Waals surface area contributed by atoms with Crippen LogP contribution in [0.5, 0.6) is 0 Å². The van der Waals surface area contributed by atoms with Crippen molar-refractivity contribution < 1.29 is 28.8 Å². The molecule has 0 spiro atoms. The topological polar surface area (TPSA) is 129 Å². The average molecular weight is 428 g/mol. The van der Waals surface area contributed by atoms with E-state index in [1.807, 2.05) is 0 Å². The maximum Gasteiger partial charge on any atom is 0.330 e. The van der Waals surface area contributed by atoms with Crippen molar-refractivity contribution in [3.05, 3.63) is 32.6 Å². The third-order valence-corrected chi connectivity index (χ3v) is 4.90. The Hall–Kier alpha value is -2.01. The molecule has 1 aromatic rings. The van der Waals surface area contributed by atoms with Crippen LogP contribution in [0.25, 0.3) is 0 Å². The maximum absolute atomic E-state index is 12.6. The third-order valence-electron chi connectivity index (χ3n) is 4.90. The third kappa shape index (κ3) is 5.37. The number of H-pyrrole nitrogens is 1. The van der Waals surface area contributed by atoms with Crippen molar-refractivity contribution in [2.45, 2.75) is 78.3 Å². The summed E-state index contributed by atoms with van der Waals surface area (Å²) in [5.41, 5.74) is -1.71. The maximum atomic E-state index is 12.6. The van der Waals surface area contributed by atoms with E-state index in [0.717, 1.165) is 0 Å². The minimum absolute atomic E-state index is 0.133. The zero-order valence-corrected chi connectivity index (χ0v) is 18.5. The van der Waals surface area contributed by atoms with E-state index in [9.17, 15) is 19.5 Å². The van der Waals surface area contributed by atoms with Gasteiger partial charge in [0, 0.05) is 18.9 Å². The highest BCUT2D eigenvalue weighted by atomic mass is 16.6. The number of nitrogens with one attached hydrogen (secondary N) is 1. The standard InChI is InChI=1S/C20H32N2O8/c1-10-8-22(19(26)21-16(10)24)17-15(28-9-11(2)27-7)14(13(29-17)12(3)23)30-18(25)20(4,5)6/h8,11-15,17,23H,9H2,1-7H3,(H,21,24,26)/t11-,12+,13+,14-,15?,17+/m0/s1. The molecule has 30 heavy (non-hydrogen) atoms. The molecule has 0 aromatic carbocycles. The molecule has 1 fully saturated rings. The van der Waals surface area contributed by atoms with Crippen molar-refractivity contribution in [2.24, 2.45) is 5.41 Å². The van der Waals surface area contributed by atoms with Crippen LogP contribution >= 0.6 is 0 Å². The summed E-state index contributed by atoms with van der Waals surface area (Å²) in [5.74, 6) is -0.499. The van der Waals surface area contributed by atoms with Crippen molar-refractivity contribution in [3.63, 3.8) is 0 Å². The lowest BCUT2D eigenvalue weighted by molar-refractivity contribution is -0.170. The SMILES string of the molecule is CO[C@@H](C)COC1[C@@H](OC(=O)C(C)(C)C)[C@@H]([C@@H](C)O)O[C@H]1n1cc(C)c(=O)[nH]c1=O. The Bertz CT molecular complexity index is 854. The minimum Gasteiger partial charge on any atom is -0.456 e. The summed E-state index contributed by atoms with van der Waals surface area (Å²) in [5, 5.41) is 10.3. The van der Waals surface area contributed by atoms with Crippen molar-refractivity contribution in [3.8, 4) is 0 Å². The van der Waals surface area contributed by atoms with Gasteiger partial charge in [-0.15, -0.1) is 0 Å². The first kappa shape index (κ1) is 24.3. The molecule has 0 radical (unpaired) electrons. The largest absolute Gasteiger partial charge is 0.456 e. The van der Waals surface area contributed by atoms with Gasteiger partial charge in [0.15, 0.2) is 12.3 Å². The predicted octanol–water partition coefficient (Wildman–Crippen LogP) is 0.501. The van der Waals surface area contributed by atoms with Crippen LogP contribution in [-0.4, -0.2) is 64.9 Å². The summed E-state index contributed by atoms with van der Waals surface area (Å²) in [6.45, 7) is 10.1. The van der Waals surface area contributed by atoms with Crippen molar-refractivity contribution in [1.29, 1.82) is 0 Å². The number of esters is 1. The Kier molecular flexibility index (Phi) is 7.62. The van der Waals surface area contributed by atoms with Gasteiger partial charge in [0.25, 0.3) is 5.56 Å². The number of methoxy groups -OCH3 is 1. The van der Waals surface area contributed by atoms with Crippen LogP contribution in [0.15, 0.2) is 15.8 Å². The number of aliphatic hydroxyl groups is 1.